The molecule has 2 aromatic heterocycles. The van der Waals surface area contributed by atoms with Gasteiger partial charge >= 0.3 is 0 Å². The molecule has 1 atom stereocenters. The van der Waals surface area contributed by atoms with Crippen molar-refractivity contribution >= 4 is 28.1 Å². The van der Waals surface area contributed by atoms with Gasteiger partial charge < -0.3 is 14.3 Å². The summed E-state index contributed by atoms with van der Waals surface area (Å²) in [4.78, 5) is 12.7. The number of aromatic nitrogens is 1. The summed E-state index contributed by atoms with van der Waals surface area (Å²) in [5, 5.41) is 6.72. The molecule has 0 bridgehead atoms. The Labute approximate surface area is 193 Å². The molecule has 0 aliphatic carbocycles. The van der Waals surface area contributed by atoms with Crippen molar-refractivity contribution in [3.63, 3.8) is 0 Å². The summed E-state index contributed by atoms with van der Waals surface area (Å²) in [5.74, 6) is 0.203. The third-order valence-electron chi connectivity index (χ3n) is 5.71. The SMILES string of the molecule is Cc1ccc(C=Cc2onc(C)c2S(=O)(=O)N2CCCC(C(=O)NCc3ccco3)C2)cc1. The minimum absolute atomic E-state index is 0.0440. The first-order valence-electron chi connectivity index (χ1n) is 10.9. The minimum Gasteiger partial charge on any atom is -0.467 e. The quantitative estimate of drug-likeness (QED) is 0.565. The molecule has 0 radical (unpaired) electrons. The number of carbonyl (C=O) groups is 1. The fourth-order valence-electron chi connectivity index (χ4n) is 3.88. The van der Waals surface area contributed by atoms with Crippen LogP contribution in [0.25, 0.3) is 12.2 Å². The number of nitrogens with one attached hydrogen (secondary N) is 1. The maximum Gasteiger partial charge on any atom is 0.248 e. The lowest BCUT2D eigenvalue weighted by Gasteiger charge is -2.31. The number of furan rings is 1. The monoisotopic (exact) mass is 469 g/mol. The van der Waals surface area contributed by atoms with E-state index in [1.165, 1.54) is 4.31 Å². The van der Waals surface area contributed by atoms with Crippen molar-refractivity contribution in [2.24, 2.45) is 5.92 Å². The zero-order valence-corrected chi connectivity index (χ0v) is 19.5. The molecule has 4 rings (SSSR count). The maximum absolute atomic E-state index is 13.5. The molecular weight excluding hydrogens is 442 g/mol. The number of benzene rings is 1. The minimum atomic E-state index is -3.89. The molecule has 1 aliphatic rings. The number of amides is 1. The van der Waals surface area contributed by atoms with Crippen molar-refractivity contribution < 1.29 is 22.2 Å². The van der Waals surface area contributed by atoms with Crippen LogP contribution in [0.5, 0.6) is 0 Å². The molecule has 9 heteroatoms. The molecule has 0 spiro atoms. The van der Waals surface area contributed by atoms with Gasteiger partial charge in [-0.1, -0.05) is 41.1 Å². The molecule has 1 saturated heterocycles. The van der Waals surface area contributed by atoms with Gasteiger partial charge in [-0.15, -0.1) is 0 Å². The highest BCUT2D eigenvalue weighted by atomic mass is 32.2. The van der Waals surface area contributed by atoms with E-state index in [0.29, 0.717) is 30.8 Å². The molecule has 1 fully saturated rings. The van der Waals surface area contributed by atoms with Gasteiger partial charge in [-0.2, -0.15) is 4.31 Å². The van der Waals surface area contributed by atoms with Crippen LogP contribution in [0, 0.1) is 19.8 Å². The average Bonchev–Trinajstić information content (AvgIpc) is 3.47. The Morgan fingerprint density at radius 1 is 1.21 bits per heavy atom. The van der Waals surface area contributed by atoms with Crippen LogP contribution >= 0.6 is 0 Å². The highest BCUT2D eigenvalue weighted by molar-refractivity contribution is 7.89. The van der Waals surface area contributed by atoms with Crippen molar-refractivity contribution in [3.8, 4) is 0 Å². The average molecular weight is 470 g/mol. The van der Waals surface area contributed by atoms with Crippen LogP contribution in [0.2, 0.25) is 0 Å². The van der Waals surface area contributed by atoms with E-state index in [-0.39, 0.29) is 29.7 Å². The molecule has 1 unspecified atom stereocenters. The van der Waals surface area contributed by atoms with Gasteiger partial charge in [-0.25, -0.2) is 8.42 Å². The van der Waals surface area contributed by atoms with Gasteiger partial charge in [-0.05, 0) is 50.5 Å². The van der Waals surface area contributed by atoms with Gasteiger partial charge in [0.1, 0.15) is 11.5 Å². The number of hydrogen-bond donors (Lipinski definition) is 1. The zero-order chi connectivity index (χ0) is 23.4. The Bertz CT molecular complexity index is 1230. The fraction of sp³-hybridized carbons (Fsp3) is 0.333. The number of sulfonamides is 1. The first-order chi connectivity index (χ1) is 15.8. The Morgan fingerprint density at radius 3 is 2.73 bits per heavy atom. The van der Waals surface area contributed by atoms with E-state index >= 15 is 0 Å². The largest absolute Gasteiger partial charge is 0.467 e. The lowest BCUT2D eigenvalue weighted by atomic mass is 9.99. The summed E-state index contributed by atoms with van der Waals surface area (Å²) in [6.45, 7) is 4.33. The Balaban J connectivity index is 1.50. The molecule has 1 aromatic carbocycles. The smallest absolute Gasteiger partial charge is 0.248 e. The highest BCUT2D eigenvalue weighted by Crippen LogP contribution is 2.29. The van der Waals surface area contributed by atoms with Crippen molar-refractivity contribution in [1.82, 2.24) is 14.8 Å². The standard InChI is InChI=1S/C24H27N3O5S/c1-17-7-9-19(10-8-17)11-12-22-23(18(2)26-32-22)33(29,30)27-13-3-5-20(16-27)24(28)25-15-21-6-4-14-31-21/h4,6-12,14,20H,3,5,13,15-16H2,1-2H3,(H,25,28). The second-order valence-electron chi connectivity index (χ2n) is 8.20. The van der Waals surface area contributed by atoms with Crippen molar-refractivity contribution in [3.05, 3.63) is 71.0 Å². The second-order valence-corrected chi connectivity index (χ2v) is 10.1. The van der Waals surface area contributed by atoms with Gasteiger partial charge in [0, 0.05) is 13.1 Å². The van der Waals surface area contributed by atoms with E-state index in [2.05, 4.69) is 10.5 Å². The van der Waals surface area contributed by atoms with Crippen molar-refractivity contribution in [2.75, 3.05) is 13.1 Å². The van der Waals surface area contributed by atoms with Crippen molar-refractivity contribution in [2.45, 2.75) is 38.1 Å². The molecule has 1 amide bonds. The molecule has 33 heavy (non-hydrogen) atoms. The van der Waals surface area contributed by atoms with Gasteiger partial charge in [0.05, 0.1) is 18.7 Å². The van der Waals surface area contributed by atoms with Gasteiger partial charge in [-0.3, -0.25) is 4.79 Å². The van der Waals surface area contributed by atoms with Gasteiger partial charge in [0.15, 0.2) is 10.7 Å². The molecule has 174 valence electrons. The summed E-state index contributed by atoms with van der Waals surface area (Å²) in [7, 11) is -3.89. The fourth-order valence-corrected chi connectivity index (χ4v) is 5.66. The molecule has 1 N–H and O–H groups in total. The lowest BCUT2D eigenvalue weighted by Crippen LogP contribution is -2.45. The first-order valence-corrected chi connectivity index (χ1v) is 12.3. The maximum atomic E-state index is 13.5. The Morgan fingerprint density at radius 2 is 2.00 bits per heavy atom. The Hall–Kier alpha value is -3.17. The second kappa shape index (κ2) is 9.76. The van der Waals surface area contributed by atoms with Gasteiger partial charge in [0.2, 0.25) is 15.9 Å². The number of nitrogens with zero attached hydrogens (tertiary/aromatic N) is 2. The van der Waals surface area contributed by atoms with E-state index in [1.54, 1.807) is 37.5 Å². The molecule has 8 nitrogen and oxygen atoms in total. The first kappa shape index (κ1) is 23.0. The van der Waals surface area contributed by atoms with Crippen LogP contribution in [-0.4, -0.2) is 36.9 Å². The normalized spacial score (nSPS) is 17.5. The van der Waals surface area contributed by atoms with E-state index < -0.39 is 15.9 Å². The van der Waals surface area contributed by atoms with Crippen LogP contribution < -0.4 is 5.32 Å². The predicted molar refractivity (Wildman–Crippen MR) is 123 cm³/mol. The zero-order valence-electron chi connectivity index (χ0n) is 18.7. The van der Waals surface area contributed by atoms with Gasteiger partial charge in [0.25, 0.3) is 0 Å². The van der Waals surface area contributed by atoms with Crippen LogP contribution in [-0.2, 0) is 21.4 Å². The van der Waals surface area contributed by atoms with Crippen molar-refractivity contribution in [1.29, 1.82) is 0 Å². The van der Waals surface area contributed by atoms with E-state index in [0.717, 1.165) is 11.1 Å². The predicted octanol–water partition coefficient (Wildman–Crippen LogP) is 3.77. The lowest BCUT2D eigenvalue weighted by molar-refractivity contribution is -0.126. The molecule has 0 saturated carbocycles. The number of rotatable bonds is 7. The summed E-state index contributed by atoms with van der Waals surface area (Å²) in [5.41, 5.74) is 2.35. The Kier molecular flexibility index (Phi) is 6.80. The molecule has 1 aliphatic heterocycles. The summed E-state index contributed by atoms with van der Waals surface area (Å²) in [6, 6.07) is 11.4. The van der Waals surface area contributed by atoms with E-state index in [4.69, 9.17) is 8.94 Å². The molecule has 3 aromatic rings. The third kappa shape index (κ3) is 5.26. The van der Waals surface area contributed by atoms with E-state index in [1.807, 2.05) is 31.2 Å². The number of piperidine rings is 1. The number of hydrogen-bond acceptors (Lipinski definition) is 6. The van der Waals surface area contributed by atoms with Crippen LogP contribution in [0.4, 0.5) is 0 Å². The highest BCUT2D eigenvalue weighted by Gasteiger charge is 2.36. The summed E-state index contributed by atoms with van der Waals surface area (Å²) in [6.07, 6.45) is 6.17. The van der Waals surface area contributed by atoms with Crippen LogP contribution in [0.3, 0.4) is 0 Å². The molecule has 3 heterocycles. The number of carbonyl (C=O) groups excluding carboxylic acids is 1. The molecular formula is C24H27N3O5S. The topological polar surface area (TPSA) is 106 Å². The summed E-state index contributed by atoms with van der Waals surface area (Å²) >= 11 is 0. The third-order valence-corrected chi connectivity index (χ3v) is 7.73. The summed E-state index contributed by atoms with van der Waals surface area (Å²) < 4.78 is 38.9. The van der Waals surface area contributed by atoms with Crippen LogP contribution in [0.1, 0.15) is 41.2 Å². The van der Waals surface area contributed by atoms with Crippen LogP contribution in [0.15, 0.2) is 56.5 Å². The van der Waals surface area contributed by atoms with E-state index in [9.17, 15) is 13.2 Å². The number of aryl methyl sites for hydroxylation is 2.